The first kappa shape index (κ1) is 11.1. The van der Waals surface area contributed by atoms with Crippen LogP contribution in [0.3, 0.4) is 0 Å². The molecule has 16 heavy (non-hydrogen) atoms. The second kappa shape index (κ2) is 3.90. The largest absolute Gasteiger partial charge is 0.469 e. The number of carboxylic acid groups (broad SMARTS) is 1. The summed E-state index contributed by atoms with van der Waals surface area (Å²) in [6, 6.07) is 0. The zero-order valence-corrected chi connectivity index (χ0v) is 8.98. The maximum absolute atomic E-state index is 11.3. The summed E-state index contributed by atoms with van der Waals surface area (Å²) >= 11 is 4.19. The van der Waals surface area contributed by atoms with Gasteiger partial charge in [-0.3, -0.25) is 14.9 Å². The molecule has 0 aromatic heterocycles. The van der Waals surface area contributed by atoms with E-state index in [2.05, 4.69) is 29.1 Å². The number of carbonyl (C=O) groups is 3. The molecule has 3 aliphatic rings. The molecule has 5 nitrogen and oxygen atoms in total. The molecule has 2 N–H and O–H groups in total. The van der Waals surface area contributed by atoms with Crippen LogP contribution in [-0.2, 0) is 9.59 Å². The number of hydrogen-bond acceptors (Lipinski definition) is 3. The molecule has 0 spiro atoms. The number of fused-ring (bicyclic) bond motifs is 5. The van der Waals surface area contributed by atoms with Crippen molar-refractivity contribution in [3.05, 3.63) is 12.2 Å². The molecule has 2 bridgehead atoms. The van der Waals surface area contributed by atoms with Crippen molar-refractivity contribution in [2.24, 2.45) is 23.7 Å². The Labute approximate surface area is 96.5 Å². The number of rotatable bonds is 0. The summed E-state index contributed by atoms with van der Waals surface area (Å²) in [6.45, 7) is 0. The third-order valence-electron chi connectivity index (χ3n) is 3.31. The molecule has 2 fully saturated rings. The molecular formula is C10H10ClNO4. The van der Waals surface area contributed by atoms with Gasteiger partial charge >= 0.3 is 5.43 Å². The van der Waals surface area contributed by atoms with Crippen LogP contribution in [0.1, 0.15) is 6.42 Å². The molecule has 4 unspecified atom stereocenters. The summed E-state index contributed by atoms with van der Waals surface area (Å²) in [6.07, 6.45) is 5.18. The van der Waals surface area contributed by atoms with Crippen molar-refractivity contribution in [3.63, 3.8) is 0 Å². The summed E-state index contributed by atoms with van der Waals surface area (Å²) in [5.74, 6) is 0.501. The van der Waals surface area contributed by atoms with Gasteiger partial charge < -0.3 is 5.11 Å². The molecule has 4 atom stereocenters. The van der Waals surface area contributed by atoms with Crippen molar-refractivity contribution in [2.45, 2.75) is 6.42 Å². The average molecular weight is 244 g/mol. The summed E-state index contributed by atoms with van der Waals surface area (Å²) in [5, 5.41) is 9.58. The third kappa shape index (κ3) is 1.71. The predicted molar refractivity (Wildman–Crippen MR) is 54.7 cm³/mol. The van der Waals surface area contributed by atoms with E-state index in [1.165, 1.54) is 0 Å². The second-order valence-electron chi connectivity index (χ2n) is 4.11. The molecule has 6 heteroatoms. The minimum atomic E-state index is -1.36. The van der Waals surface area contributed by atoms with Crippen molar-refractivity contribution >= 4 is 28.8 Å². The minimum absolute atomic E-state index is 0.0347. The number of nitrogens with one attached hydrogen (secondary N) is 1. The van der Waals surface area contributed by atoms with Crippen LogP contribution in [0.25, 0.3) is 0 Å². The number of halogens is 1. The van der Waals surface area contributed by atoms with E-state index in [0.717, 1.165) is 6.42 Å². The fraction of sp³-hybridized carbons (Fsp3) is 0.500. The van der Waals surface area contributed by atoms with E-state index in [0.29, 0.717) is 11.8 Å². The number of hydrogen-bond donors (Lipinski definition) is 2. The Hall–Kier alpha value is -1.36. The van der Waals surface area contributed by atoms with Gasteiger partial charge in [-0.15, -0.1) is 0 Å². The van der Waals surface area contributed by atoms with Crippen LogP contribution < -0.4 is 5.32 Å². The molecule has 0 radical (unpaired) electrons. The predicted octanol–water partition coefficient (Wildman–Crippen LogP) is 0.984. The van der Waals surface area contributed by atoms with Crippen molar-refractivity contribution < 1.29 is 19.5 Å². The highest BCUT2D eigenvalue weighted by Gasteiger charge is 2.55. The molecule has 2 aliphatic carbocycles. The third-order valence-corrected chi connectivity index (χ3v) is 3.31. The smallest absolute Gasteiger partial charge is 0.401 e. The van der Waals surface area contributed by atoms with Crippen LogP contribution in [0.5, 0.6) is 0 Å². The molecule has 3 rings (SSSR count). The van der Waals surface area contributed by atoms with E-state index in [9.17, 15) is 9.59 Å². The Morgan fingerprint density at radius 2 is 1.62 bits per heavy atom. The zero-order valence-electron chi connectivity index (χ0n) is 8.22. The van der Waals surface area contributed by atoms with Crippen LogP contribution in [0.2, 0.25) is 0 Å². The highest BCUT2D eigenvalue weighted by atomic mass is 35.5. The average Bonchev–Trinajstić information content (AvgIpc) is 2.79. The van der Waals surface area contributed by atoms with Crippen LogP contribution in [0, 0.1) is 23.7 Å². The number of amides is 2. The van der Waals surface area contributed by atoms with Crippen molar-refractivity contribution in [3.8, 4) is 0 Å². The molecule has 1 saturated heterocycles. The first-order chi connectivity index (χ1) is 7.50. The van der Waals surface area contributed by atoms with Crippen molar-refractivity contribution in [1.29, 1.82) is 0 Å². The lowest BCUT2D eigenvalue weighted by Crippen LogP contribution is -2.25. The highest BCUT2D eigenvalue weighted by molar-refractivity contribution is 6.60. The van der Waals surface area contributed by atoms with Gasteiger partial charge in [-0.25, -0.2) is 4.79 Å². The van der Waals surface area contributed by atoms with Gasteiger partial charge in [-0.2, -0.15) is 0 Å². The minimum Gasteiger partial charge on any atom is -0.469 e. The Morgan fingerprint density at radius 1 is 1.25 bits per heavy atom. The standard InChI is InChI=1S/C9H9NO2.CHClO2/c11-8-6-4-1-2-5(3-4)7(6)9(12)10-8;2-1(3)4/h1-2,4-7H,3H2,(H,10,11,12);(H,3,4). The van der Waals surface area contributed by atoms with E-state index < -0.39 is 5.43 Å². The molecular weight excluding hydrogens is 234 g/mol. The van der Waals surface area contributed by atoms with Gasteiger partial charge in [0.1, 0.15) is 0 Å². The SMILES string of the molecule is O=C(O)Cl.O=C1NC(=O)C2C3C=CC(C3)C12. The van der Waals surface area contributed by atoms with Crippen LogP contribution >= 0.6 is 11.6 Å². The second-order valence-corrected chi connectivity index (χ2v) is 4.43. The number of imide groups is 1. The maximum Gasteiger partial charge on any atom is 0.401 e. The Kier molecular flexibility index (Phi) is 2.71. The normalized spacial score (nSPS) is 37.8. The highest BCUT2D eigenvalue weighted by Crippen LogP contribution is 2.50. The fourth-order valence-corrected chi connectivity index (χ4v) is 2.83. The topological polar surface area (TPSA) is 83.5 Å². The molecule has 1 saturated carbocycles. The molecule has 2 amide bonds. The Bertz CT molecular complexity index is 360. The molecule has 0 aromatic rings. The van der Waals surface area contributed by atoms with Gasteiger partial charge in [0.15, 0.2) is 0 Å². The lowest BCUT2D eigenvalue weighted by atomic mass is 9.85. The van der Waals surface area contributed by atoms with Gasteiger partial charge in [0.05, 0.1) is 11.8 Å². The van der Waals surface area contributed by atoms with Gasteiger partial charge in [0.25, 0.3) is 0 Å². The monoisotopic (exact) mass is 243 g/mol. The van der Waals surface area contributed by atoms with Crippen molar-refractivity contribution in [2.75, 3.05) is 0 Å². The van der Waals surface area contributed by atoms with E-state index in [1.54, 1.807) is 0 Å². The molecule has 0 aromatic carbocycles. The Balaban J connectivity index is 0.000000212. The summed E-state index contributed by atoms with van der Waals surface area (Å²) < 4.78 is 0. The summed E-state index contributed by atoms with van der Waals surface area (Å²) in [5.41, 5.74) is -1.36. The van der Waals surface area contributed by atoms with E-state index >= 15 is 0 Å². The maximum atomic E-state index is 11.3. The number of allylic oxidation sites excluding steroid dienone is 2. The lowest BCUT2D eigenvalue weighted by molar-refractivity contribution is -0.126. The van der Waals surface area contributed by atoms with Gasteiger partial charge in [-0.05, 0) is 18.3 Å². The van der Waals surface area contributed by atoms with E-state index in [4.69, 9.17) is 9.90 Å². The van der Waals surface area contributed by atoms with Gasteiger partial charge in [0.2, 0.25) is 11.8 Å². The summed E-state index contributed by atoms with van der Waals surface area (Å²) in [7, 11) is 0. The van der Waals surface area contributed by atoms with Crippen LogP contribution in [0.4, 0.5) is 4.79 Å². The lowest BCUT2D eigenvalue weighted by Gasteiger charge is -2.14. The van der Waals surface area contributed by atoms with Gasteiger partial charge in [0, 0.05) is 11.6 Å². The first-order valence-electron chi connectivity index (χ1n) is 4.92. The van der Waals surface area contributed by atoms with Crippen molar-refractivity contribution in [1.82, 2.24) is 5.32 Å². The van der Waals surface area contributed by atoms with E-state index in [-0.39, 0.29) is 23.7 Å². The van der Waals surface area contributed by atoms with Gasteiger partial charge in [-0.1, -0.05) is 12.2 Å². The molecule has 86 valence electrons. The number of carbonyl (C=O) groups excluding carboxylic acids is 2. The van der Waals surface area contributed by atoms with Crippen LogP contribution in [0.15, 0.2) is 12.2 Å². The molecule has 1 aliphatic heterocycles. The quantitative estimate of drug-likeness (QED) is 0.377. The fourth-order valence-electron chi connectivity index (χ4n) is 2.83. The van der Waals surface area contributed by atoms with E-state index in [1.807, 2.05) is 0 Å². The molecule has 1 heterocycles. The summed E-state index contributed by atoms with van der Waals surface area (Å²) in [4.78, 5) is 31.3. The van der Waals surface area contributed by atoms with Crippen LogP contribution in [-0.4, -0.2) is 22.3 Å². The zero-order chi connectivity index (χ0) is 11.9. The Morgan fingerprint density at radius 3 is 2.00 bits per heavy atom. The first-order valence-corrected chi connectivity index (χ1v) is 5.30.